The Kier molecular flexibility index (Phi) is 3.71. The third-order valence-electron chi connectivity index (χ3n) is 4.26. The Morgan fingerprint density at radius 1 is 1.44 bits per heavy atom. The van der Waals surface area contributed by atoms with Crippen molar-refractivity contribution >= 4 is 5.91 Å². The molecule has 18 heavy (non-hydrogen) atoms. The van der Waals surface area contributed by atoms with Gasteiger partial charge in [0.05, 0.1) is 0 Å². The number of nitrogens with two attached hydrogens (primary N) is 1. The molecule has 0 heterocycles. The van der Waals surface area contributed by atoms with E-state index in [1.807, 2.05) is 18.2 Å². The SMILES string of the molecule is C[C@H](N[C@]1(C(N)=O)CCC[C@@H]1C)c1ccccc1. The number of nitrogens with one attached hydrogen (secondary N) is 1. The van der Waals surface area contributed by atoms with E-state index in [2.05, 4.69) is 31.3 Å². The lowest BCUT2D eigenvalue weighted by Crippen LogP contribution is -2.57. The lowest BCUT2D eigenvalue weighted by molar-refractivity contribution is -0.126. The molecule has 98 valence electrons. The quantitative estimate of drug-likeness (QED) is 0.857. The Balaban J connectivity index is 2.18. The van der Waals surface area contributed by atoms with Crippen molar-refractivity contribution in [2.24, 2.45) is 11.7 Å². The third-order valence-corrected chi connectivity index (χ3v) is 4.26. The highest BCUT2D eigenvalue weighted by Crippen LogP contribution is 2.37. The van der Waals surface area contributed by atoms with E-state index in [9.17, 15) is 4.79 Å². The van der Waals surface area contributed by atoms with Gasteiger partial charge in [0.25, 0.3) is 0 Å². The molecular weight excluding hydrogens is 224 g/mol. The van der Waals surface area contributed by atoms with Crippen molar-refractivity contribution in [3.8, 4) is 0 Å². The number of primary amides is 1. The molecule has 3 atom stereocenters. The average molecular weight is 246 g/mol. The Bertz CT molecular complexity index is 418. The van der Waals surface area contributed by atoms with Gasteiger partial charge in [-0.2, -0.15) is 0 Å². The second-order valence-electron chi connectivity index (χ2n) is 5.41. The van der Waals surface area contributed by atoms with Crippen LogP contribution in [-0.2, 0) is 4.79 Å². The van der Waals surface area contributed by atoms with Gasteiger partial charge in [-0.15, -0.1) is 0 Å². The lowest BCUT2D eigenvalue weighted by atomic mass is 9.86. The number of hydrogen-bond donors (Lipinski definition) is 2. The maximum Gasteiger partial charge on any atom is 0.238 e. The van der Waals surface area contributed by atoms with E-state index in [1.54, 1.807) is 0 Å². The zero-order valence-corrected chi connectivity index (χ0v) is 11.1. The van der Waals surface area contributed by atoms with Crippen LogP contribution >= 0.6 is 0 Å². The highest BCUT2D eigenvalue weighted by atomic mass is 16.1. The molecule has 1 aromatic carbocycles. The Labute approximate surface area is 109 Å². The Morgan fingerprint density at radius 2 is 2.11 bits per heavy atom. The average Bonchev–Trinajstić information content (AvgIpc) is 2.73. The second kappa shape index (κ2) is 5.11. The molecule has 1 aromatic rings. The molecule has 0 unspecified atom stereocenters. The van der Waals surface area contributed by atoms with E-state index in [0.29, 0.717) is 5.92 Å². The van der Waals surface area contributed by atoms with Gasteiger partial charge in [0.1, 0.15) is 5.54 Å². The van der Waals surface area contributed by atoms with Crippen molar-refractivity contribution in [1.29, 1.82) is 0 Å². The smallest absolute Gasteiger partial charge is 0.238 e. The van der Waals surface area contributed by atoms with Gasteiger partial charge in [0.15, 0.2) is 0 Å². The zero-order valence-electron chi connectivity index (χ0n) is 11.1. The molecule has 0 spiro atoms. The minimum absolute atomic E-state index is 0.138. The summed E-state index contributed by atoms with van der Waals surface area (Å²) in [6, 6.07) is 10.3. The molecule has 0 bridgehead atoms. The molecule has 0 aromatic heterocycles. The first kappa shape index (κ1) is 13.1. The van der Waals surface area contributed by atoms with Gasteiger partial charge in [0, 0.05) is 6.04 Å². The predicted molar refractivity (Wildman–Crippen MR) is 72.9 cm³/mol. The van der Waals surface area contributed by atoms with E-state index in [0.717, 1.165) is 19.3 Å². The number of amides is 1. The normalized spacial score (nSPS) is 29.1. The van der Waals surface area contributed by atoms with Gasteiger partial charge in [-0.25, -0.2) is 0 Å². The van der Waals surface area contributed by atoms with Gasteiger partial charge in [-0.1, -0.05) is 43.7 Å². The van der Waals surface area contributed by atoms with Gasteiger partial charge in [0.2, 0.25) is 5.91 Å². The van der Waals surface area contributed by atoms with Gasteiger partial charge < -0.3 is 5.73 Å². The number of carbonyl (C=O) groups is 1. The predicted octanol–water partition coefficient (Wildman–Crippen LogP) is 2.38. The van der Waals surface area contributed by atoms with Crippen molar-refractivity contribution in [2.45, 2.75) is 44.7 Å². The van der Waals surface area contributed by atoms with E-state index in [1.165, 1.54) is 5.56 Å². The highest BCUT2D eigenvalue weighted by Gasteiger charge is 2.45. The summed E-state index contributed by atoms with van der Waals surface area (Å²) < 4.78 is 0. The monoisotopic (exact) mass is 246 g/mol. The van der Waals surface area contributed by atoms with E-state index >= 15 is 0 Å². The molecule has 1 fully saturated rings. The molecule has 3 nitrogen and oxygen atoms in total. The molecule has 3 heteroatoms. The van der Waals surface area contributed by atoms with E-state index in [4.69, 9.17) is 5.73 Å². The van der Waals surface area contributed by atoms with Crippen molar-refractivity contribution < 1.29 is 4.79 Å². The largest absolute Gasteiger partial charge is 0.368 e. The van der Waals surface area contributed by atoms with Crippen LogP contribution in [-0.4, -0.2) is 11.4 Å². The first-order valence-corrected chi connectivity index (χ1v) is 6.69. The minimum Gasteiger partial charge on any atom is -0.368 e. The topological polar surface area (TPSA) is 55.1 Å². The van der Waals surface area contributed by atoms with Crippen LogP contribution in [0.25, 0.3) is 0 Å². The van der Waals surface area contributed by atoms with Crippen LogP contribution < -0.4 is 11.1 Å². The van der Waals surface area contributed by atoms with Crippen LogP contribution in [0, 0.1) is 5.92 Å². The molecular formula is C15H22N2O. The second-order valence-corrected chi connectivity index (χ2v) is 5.41. The van der Waals surface area contributed by atoms with E-state index < -0.39 is 5.54 Å². The first-order chi connectivity index (χ1) is 8.56. The number of carbonyl (C=O) groups excluding carboxylic acids is 1. The zero-order chi connectivity index (χ0) is 13.2. The first-order valence-electron chi connectivity index (χ1n) is 6.69. The third kappa shape index (κ3) is 2.27. The summed E-state index contributed by atoms with van der Waals surface area (Å²) in [7, 11) is 0. The van der Waals surface area contributed by atoms with Crippen molar-refractivity contribution in [2.75, 3.05) is 0 Å². The van der Waals surface area contributed by atoms with Gasteiger partial charge >= 0.3 is 0 Å². The standard InChI is InChI=1S/C15H22N2O/c1-11-7-6-10-15(11,14(16)18)17-12(2)13-8-4-3-5-9-13/h3-5,8-9,11-12,17H,6-7,10H2,1-2H3,(H2,16,18)/t11-,12-,15+/m0/s1. The molecule has 0 aliphatic heterocycles. The van der Waals surface area contributed by atoms with Gasteiger partial charge in [-0.3, -0.25) is 10.1 Å². The molecule has 2 rings (SSSR count). The van der Waals surface area contributed by atoms with Crippen LogP contribution in [0.2, 0.25) is 0 Å². The Hall–Kier alpha value is -1.35. The summed E-state index contributed by atoms with van der Waals surface area (Å²) in [6.07, 6.45) is 2.98. The fraction of sp³-hybridized carbons (Fsp3) is 0.533. The maximum atomic E-state index is 11.9. The number of rotatable bonds is 4. The fourth-order valence-electron chi connectivity index (χ4n) is 3.04. The summed E-state index contributed by atoms with van der Waals surface area (Å²) in [5.41, 5.74) is 6.31. The summed E-state index contributed by atoms with van der Waals surface area (Å²) >= 11 is 0. The summed E-state index contributed by atoms with van der Waals surface area (Å²) in [4.78, 5) is 11.9. The lowest BCUT2D eigenvalue weighted by Gasteiger charge is -2.35. The molecule has 3 N–H and O–H groups in total. The fourth-order valence-corrected chi connectivity index (χ4v) is 3.04. The van der Waals surface area contributed by atoms with Crippen molar-refractivity contribution in [3.05, 3.63) is 35.9 Å². The van der Waals surface area contributed by atoms with Crippen LogP contribution in [0.15, 0.2) is 30.3 Å². The van der Waals surface area contributed by atoms with Crippen LogP contribution in [0.1, 0.15) is 44.7 Å². The van der Waals surface area contributed by atoms with Crippen molar-refractivity contribution in [3.63, 3.8) is 0 Å². The highest BCUT2D eigenvalue weighted by molar-refractivity contribution is 5.85. The molecule has 1 aliphatic rings. The number of benzene rings is 1. The molecule has 1 amide bonds. The van der Waals surface area contributed by atoms with Crippen LogP contribution in [0.3, 0.4) is 0 Å². The number of hydrogen-bond acceptors (Lipinski definition) is 2. The molecule has 1 saturated carbocycles. The molecule has 0 radical (unpaired) electrons. The van der Waals surface area contributed by atoms with Crippen LogP contribution in [0.4, 0.5) is 0 Å². The summed E-state index contributed by atoms with van der Waals surface area (Å²) in [6.45, 7) is 4.20. The summed E-state index contributed by atoms with van der Waals surface area (Å²) in [5, 5.41) is 3.48. The van der Waals surface area contributed by atoms with Crippen molar-refractivity contribution in [1.82, 2.24) is 5.32 Å². The maximum absolute atomic E-state index is 11.9. The van der Waals surface area contributed by atoms with Gasteiger partial charge in [-0.05, 0) is 31.2 Å². The molecule has 1 aliphatic carbocycles. The van der Waals surface area contributed by atoms with Crippen LogP contribution in [0.5, 0.6) is 0 Å². The molecule has 0 saturated heterocycles. The Morgan fingerprint density at radius 3 is 2.61 bits per heavy atom. The summed E-state index contributed by atoms with van der Waals surface area (Å²) in [5.74, 6) is 0.0939. The minimum atomic E-state index is -0.532. The van der Waals surface area contributed by atoms with E-state index in [-0.39, 0.29) is 11.9 Å².